The lowest BCUT2D eigenvalue weighted by Gasteiger charge is -2.25. The normalized spacial score (nSPS) is 16.3. The predicted molar refractivity (Wildman–Crippen MR) is 109 cm³/mol. The number of ether oxygens (including phenoxy) is 2. The van der Waals surface area contributed by atoms with Crippen molar-refractivity contribution in [1.82, 2.24) is 4.90 Å². The summed E-state index contributed by atoms with van der Waals surface area (Å²) in [6.45, 7) is 2.54. The van der Waals surface area contributed by atoms with Crippen LogP contribution >= 0.6 is 11.8 Å². The topological polar surface area (TPSA) is 38.8 Å². The van der Waals surface area contributed by atoms with Gasteiger partial charge >= 0.3 is 0 Å². The van der Waals surface area contributed by atoms with Gasteiger partial charge in [-0.3, -0.25) is 4.79 Å². The monoisotopic (exact) mass is 385 g/mol. The minimum Gasteiger partial charge on any atom is -0.497 e. The Hall–Kier alpha value is -1.98. The van der Waals surface area contributed by atoms with Crippen molar-refractivity contribution in [3.8, 4) is 5.75 Å². The number of carbonyl (C=O) groups excluding carboxylic acids is 1. The molecule has 0 aliphatic carbocycles. The number of carbonyl (C=O) groups is 1. The van der Waals surface area contributed by atoms with Crippen LogP contribution in [0.5, 0.6) is 5.75 Å². The predicted octanol–water partition coefficient (Wildman–Crippen LogP) is 4.02. The first-order chi connectivity index (χ1) is 13.2. The van der Waals surface area contributed by atoms with Crippen LogP contribution in [0.1, 0.15) is 17.5 Å². The molecule has 0 bridgehead atoms. The average Bonchev–Trinajstić information content (AvgIpc) is 3.26. The molecule has 0 spiro atoms. The third-order valence-electron chi connectivity index (χ3n) is 4.93. The molecule has 4 nitrogen and oxygen atoms in total. The van der Waals surface area contributed by atoms with Crippen molar-refractivity contribution >= 4 is 17.7 Å². The van der Waals surface area contributed by atoms with Gasteiger partial charge in [-0.2, -0.15) is 0 Å². The van der Waals surface area contributed by atoms with Crippen LogP contribution in [0.25, 0.3) is 0 Å². The van der Waals surface area contributed by atoms with Crippen LogP contribution in [-0.2, 0) is 22.5 Å². The summed E-state index contributed by atoms with van der Waals surface area (Å²) in [5.74, 6) is 1.03. The Kier molecular flexibility index (Phi) is 7.18. The van der Waals surface area contributed by atoms with Crippen molar-refractivity contribution in [2.75, 3.05) is 33.1 Å². The Bertz CT molecular complexity index is 741. The fourth-order valence-corrected chi connectivity index (χ4v) is 3.71. The lowest BCUT2D eigenvalue weighted by Crippen LogP contribution is -2.37. The fourth-order valence-electron chi connectivity index (χ4n) is 3.30. The van der Waals surface area contributed by atoms with E-state index in [1.165, 1.54) is 10.5 Å². The van der Waals surface area contributed by atoms with Gasteiger partial charge in [-0.15, -0.1) is 11.8 Å². The average molecular weight is 386 g/mol. The third kappa shape index (κ3) is 5.50. The number of nitrogens with zero attached hydrogens (tertiary/aromatic N) is 1. The van der Waals surface area contributed by atoms with Crippen LogP contribution < -0.4 is 4.74 Å². The van der Waals surface area contributed by atoms with Crippen molar-refractivity contribution in [3.05, 3.63) is 59.7 Å². The van der Waals surface area contributed by atoms with Gasteiger partial charge in [-0.1, -0.05) is 24.3 Å². The molecule has 0 N–H and O–H groups in total. The standard InChI is InChI=1S/C22H27NO3S/c1-25-20-5-3-4-17(14-20)10-12-23(22(24)19-11-13-26-16-19)15-18-6-8-21(27-2)9-7-18/h3-9,14,19H,10-13,15-16H2,1-2H3/t19-/m1/s1. The molecule has 0 aromatic heterocycles. The summed E-state index contributed by atoms with van der Waals surface area (Å²) in [7, 11) is 1.67. The number of hydrogen-bond donors (Lipinski definition) is 0. The molecule has 5 heteroatoms. The molecule has 1 heterocycles. The van der Waals surface area contributed by atoms with Gasteiger partial charge in [0.2, 0.25) is 5.91 Å². The fraction of sp³-hybridized carbons (Fsp3) is 0.409. The summed E-state index contributed by atoms with van der Waals surface area (Å²) in [5, 5.41) is 0. The van der Waals surface area contributed by atoms with Crippen LogP contribution in [0.3, 0.4) is 0 Å². The minimum atomic E-state index is -0.0132. The molecule has 1 aliphatic heterocycles. The molecule has 3 rings (SSSR count). The second kappa shape index (κ2) is 9.81. The van der Waals surface area contributed by atoms with Gasteiger partial charge in [-0.25, -0.2) is 0 Å². The SMILES string of the molecule is COc1cccc(CCN(Cc2ccc(SC)cc2)C(=O)[C@@H]2CCOC2)c1. The number of thioether (sulfide) groups is 1. The highest BCUT2D eigenvalue weighted by Crippen LogP contribution is 2.20. The van der Waals surface area contributed by atoms with Gasteiger partial charge in [-0.05, 0) is 54.5 Å². The maximum atomic E-state index is 13.0. The zero-order valence-corrected chi connectivity index (χ0v) is 16.8. The van der Waals surface area contributed by atoms with E-state index in [1.54, 1.807) is 18.9 Å². The van der Waals surface area contributed by atoms with Gasteiger partial charge < -0.3 is 14.4 Å². The molecular formula is C22H27NO3S. The van der Waals surface area contributed by atoms with E-state index < -0.39 is 0 Å². The summed E-state index contributed by atoms with van der Waals surface area (Å²) in [4.78, 5) is 16.2. The number of amides is 1. The summed E-state index contributed by atoms with van der Waals surface area (Å²) < 4.78 is 10.7. The molecule has 0 saturated carbocycles. The minimum absolute atomic E-state index is 0.0132. The van der Waals surface area contributed by atoms with Gasteiger partial charge in [0.15, 0.2) is 0 Å². The molecule has 0 radical (unpaired) electrons. The highest BCUT2D eigenvalue weighted by molar-refractivity contribution is 7.98. The lowest BCUT2D eigenvalue weighted by atomic mass is 10.1. The van der Waals surface area contributed by atoms with E-state index >= 15 is 0 Å². The van der Waals surface area contributed by atoms with E-state index in [2.05, 4.69) is 36.6 Å². The summed E-state index contributed by atoms with van der Waals surface area (Å²) in [5.41, 5.74) is 2.33. The first-order valence-corrected chi connectivity index (χ1v) is 10.5. The van der Waals surface area contributed by atoms with E-state index in [4.69, 9.17) is 9.47 Å². The van der Waals surface area contributed by atoms with E-state index in [9.17, 15) is 4.79 Å². The molecule has 27 heavy (non-hydrogen) atoms. The van der Waals surface area contributed by atoms with Crippen LogP contribution in [0.2, 0.25) is 0 Å². The lowest BCUT2D eigenvalue weighted by molar-refractivity contribution is -0.136. The Balaban J connectivity index is 1.70. The van der Waals surface area contributed by atoms with Crippen molar-refractivity contribution in [1.29, 1.82) is 0 Å². The molecule has 1 saturated heterocycles. The van der Waals surface area contributed by atoms with Crippen LogP contribution in [0.4, 0.5) is 0 Å². The zero-order chi connectivity index (χ0) is 19.1. The highest BCUT2D eigenvalue weighted by Gasteiger charge is 2.28. The van der Waals surface area contributed by atoms with Crippen molar-refractivity contribution < 1.29 is 14.3 Å². The highest BCUT2D eigenvalue weighted by atomic mass is 32.2. The maximum Gasteiger partial charge on any atom is 0.228 e. The second-order valence-corrected chi connectivity index (χ2v) is 7.65. The van der Waals surface area contributed by atoms with Gasteiger partial charge in [0, 0.05) is 24.6 Å². The van der Waals surface area contributed by atoms with Crippen molar-refractivity contribution in [2.45, 2.75) is 24.3 Å². The van der Waals surface area contributed by atoms with E-state index in [0.29, 0.717) is 26.3 Å². The number of hydrogen-bond acceptors (Lipinski definition) is 4. The molecule has 1 atom stereocenters. The maximum absolute atomic E-state index is 13.0. The summed E-state index contributed by atoms with van der Waals surface area (Å²) in [6, 6.07) is 16.5. The smallest absolute Gasteiger partial charge is 0.228 e. The summed E-state index contributed by atoms with van der Waals surface area (Å²) >= 11 is 1.73. The van der Waals surface area contributed by atoms with Crippen LogP contribution in [-0.4, -0.2) is 43.9 Å². The molecule has 0 unspecified atom stereocenters. The van der Waals surface area contributed by atoms with Gasteiger partial charge in [0.05, 0.1) is 19.6 Å². The quantitative estimate of drug-likeness (QED) is 0.643. The number of methoxy groups -OCH3 is 1. The Morgan fingerprint density at radius 3 is 2.70 bits per heavy atom. The Morgan fingerprint density at radius 1 is 1.22 bits per heavy atom. The van der Waals surface area contributed by atoms with Crippen LogP contribution in [0, 0.1) is 5.92 Å². The third-order valence-corrected chi connectivity index (χ3v) is 5.67. The second-order valence-electron chi connectivity index (χ2n) is 6.77. The molecule has 1 amide bonds. The molecule has 2 aromatic carbocycles. The zero-order valence-electron chi connectivity index (χ0n) is 16.0. The molecule has 1 fully saturated rings. The number of rotatable bonds is 8. The molecule has 144 valence electrons. The summed E-state index contributed by atoms with van der Waals surface area (Å²) in [6.07, 6.45) is 3.69. The molecular weight excluding hydrogens is 358 g/mol. The van der Waals surface area contributed by atoms with Gasteiger partial charge in [0.1, 0.15) is 5.75 Å². The van der Waals surface area contributed by atoms with Crippen LogP contribution in [0.15, 0.2) is 53.4 Å². The molecule has 2 aromatic rings. The molecule has 1 aliphatic rings. The van der Waals surface area contributed by atoms with Crippen molar-refractivity contribution in [2.24, 2.45) is 5.92 Å². The largest absolute Gasteiger partial charge is 0.497 e. The van der Waals surface area contributed by atoms with Crippen molar-refractivity contribution in [3.63, 3.8) is 0 Å². The Labute approximate surface area is 165 Å². The van der Waals surface area contributed by atoms with E-state index in [1.807, 2.05) is 23.1 Å². The first-order valence-electron chi connectivity index (χ1n) is 9.32. The number of benzene rings is 2. The van der Waals surface area contributed by atoms with Gasteiger partial charge in [0.25, 0.3) is 0 Å². The first kappa shape index (κ1) is 19.8. The van der Waals surface area contributed by atoms with E-state index in [0.717, 1.165) is 24.2 Å². The van der Waals surface area contributed by atoms with E-state index in [-0.39, 0.29) is 11.8 Å². The Morgan fingerprint density at radius 2 is 2.04 bits per heavy atom.